The van der Waals surface area contributed by atoms with Gasteiger partial charge < -0.3 is 10.1 Å². The maximum atomic E-state index is 11.7. The van der Waals surface area contributed by atoms with E-state index in [2.05, 4.69) is 5.32 Å². The number of nitrogens with zero attached hydrogens (tertiary/aromatic N) is 2. The largest absolute Gasteiger partial charge is 0.484 e. The van der Waals surface area contributed by atoms with Gasteiger partial charge in [0.15, 0.2) is 6.61 Å². The normalized spacial score (nSPS) is 9.91. The van der Waals surface area contributed by atoms with Gasteiger partial charge >= 0.3 is 0 Å². The molecule has 2 aromatic carbocycles. The standard InChI is InChI=1S/C14H11N3O6/c18-14(15-10-1-3-11(4-2-10)16(19)20)9-23-13-7-5-12(6-8-13)17(21)22/h1-8H,9H2,(H,15,18). The molecule has 0 unspecified atom stereocenters. The third-order valence-electron chi connectivity index (χ3n) is 2.78. The summed E-state index contributed by atoms with van der Waals surface area (Å²) in [4.78, 5) is 31.6. The molecule has 0 aliphatic heterocycles. The molecule has 23 heavy (non-hydrogen) atoms. The highest BCUT2D eigenvalue weighted by Crippen LogP contribution is 2.18. The third-order valence-corrected chi connectivity index (χ3v) is 2.78. The van der Waals surface area contributed by atoms with Gasteiger partial charge in [-0.2, -0.15) is 0 Å². The van der Waals surface area contributed by atoms with Crippen LogP contribution in [-0.2, 0) is 4.79 Å². The lowest BCUT2D eigenvalue weighted by atomic mass is 10.3. The number of hydrogen-bond acceptors (Lipinski definition) is 6. The van der Waals surface area contributed by atoms with Crippen LogP contribution in [0.5, 0.6) is 5.75 Å². The van der Waals surface area contributed by atoms with Gasteiger partial charge in [-0.1, -0.05) is 0 Å². The Bertz CT molecular complexity index is 727. The van der Waals surface area contributed by atoms with Gasteiger partial charge in [0.2, 0.25) is 0 Å². The first-order valence-electron chi connectivity index (χ1n) is 6.37. The van der Waals surface area contributed by atoms with Crippen molar-refractivity contribution in [3.63, 3.8) is 0 Å². The lowest BCUT2D eigenvalue weighted by Crippen LogP contribution is -2.20. The molecule has 0 saturated heterocycles. The summed E-state index contributed by atoms with van der Waals surface area (Å²) in [5.41, 5.74) is 0.241. The zero-order valence-electron chi connectivity index (χ0n) is 11.7. The van der Waals surface area contributed by atoms with Crippen LogP contribution < -0.4 is 10.1 Å². The molecule has 0 heterocycles. The van der Waals surface area contributed by atoms with Crippen molar-refractivity contribution in [3.8, 4) is 5.75 Å². The summed E-state index contributed by atoms with van der Waals surface area (Å²) in [7, 11) is 0. The number of anilines is 1. The fourth-order valence-electron chi connectivity index (χ4n) is 1.68. The highest BCUT2D eigenvalue weighted by atomic mass is 16.6. The lowest BCUT2D eigenvalue weighted by molar-refractivity contribution is -0.385. The number of benzene rings is 2. The van der Waals surface area contributed by atoms with Gasteiger partial charge in [0.05, 0.1) is 9.85 Å². The highest BCUT2D eigenvalue weighted by Gasteiger charge is 2.08. The Morgan fingerprint density at radius 2 is 1.39 bits per heavy atom. The minimum atomic E-state index is -0.538. The van der Waals surface area contributed by atoms with Crippen LogP contribution in [0, 0.1) is 20.2 Å². The van der Waals surface area contributed by atoms with E-state index in [1.807, 2.05) is 0 Å². The second-order valence-corrected chi connectivity index (χ2v) is 4.39. The molecule has 1 amide bonds. The molecule has 1 N–H and O–H groups in total. The molecule has 9 nitrogen and oxygen atoms in total. The molecule has 0 aromatic heterocycles. The van der Waals surface area contributed by atoms with Crippen LogP contribution in [0.4, 0.5) is 17.1 Å². The molecule has 0 saturated carbocycles. The number of carbonyl (C=O) groups is 1. The number of amides is 1. The van der Waals surface area contributed by atoms with Crippen molar-refractivity contribution >= 4 is 23.0 Å². The van der Waals surface area contributed by atoms with Crippen LogP contribution in [0.15, 0.2) is 48.5 Å². The molecule has 0 atom stereocenters. The van der Waals surface area contributed by atoms with Crippen molar-refractivity contribution in [2.45, 2.75) is 0 Å². The number of non-ortho nitro benzene ring substituents is 2. The predicted octanol–water partition coefficient (Wildman–Crippen LogP) is 2.52. The summed E-state index contributed by atoms with van der Waals surface area (Å²) < 4.78 is 5.19. The van der Waals surface area contributed by atoms with E-state index in [1.54, 1.807) is 0 Å². The molecule has 0 aliphatic carbocycles. The van der Waals surface area contributed by atoms with Gasteiger partial charge in [-0.15, -0.1) is 0 Å². The molecule has 0 spiro atoms. The first kappa shape index (κ1) is 15.9. The summed E-state index contributed by atoms with van der Waals surface area (Å²) in [6.07, 6.45) is 0. The summed E-state index contributed by atoms with van der Waals surface area (Å²) in [6.45, 7) is -0.297. The van der Waals surface area contributed by atoms with Crippen LogP contribution in [0.25, 0.3) is 0 Å². The Kier molecular flexibility index (Phi) is 4.82. The van der Waals surface area contributed by atoms with Crippen molar-refractivity contribution in [2.75, 3.05) is 11.9 Å². The van der Waals surface area contributed by atoms with E-state index in [0.717, 1.165) is 0 Å². The zero-order chi connectivity index (χ0) is 16.8. The quantitative estimate of drug-likeness (QED) is 0.644. The Balaban J connectivity index is 1.87. The van der Waals surface area contributed by atoms with E-state index in [4.69, 9.17) is 4.74 Å². The number of rotatable bonds is 6. The first-order valence-corrected chi connectivity index (χ1v) is 6.37. The molecule has 9 heteroatoms. The van der Waals surface area contributed by atoms with Gasteiger partial charge in [0.1, 0.15) is 5.75 Å². The summed E-state index contributed by atoms with van der Waals surface area (Å²) in [6, 6.07) is 10.7. The number of nitro groups is 2. The highest BCUT2D eigenvalue weighted by molar-refractivity contribution is 5.91. The Hall–Kier alpha value is -3.49. The fraction of sp³-hybridized carbons (Fsp3) is 0.0714. The number of hydrogen-bond donors (Lipinski definition) is 1. The van der Waals surface area contributed by atoms with E-state index < -0.39 is 15.8 Å². The molecular formula is C14H11N3O6. The average Bonchev–Trinajstić information content (AvgIpc) is 2.54. The Morgan fingerprint density at radius 1 is 0.913 bits per heavy atom. The molecular weight excluding hydrogens is 306 g/mol. The smallest absolute Gasteiger partial charge is 0.269 e. The average molecular weight is 317 g/mol. The SMILES string of the molecule is O=C(COc1ccc([N+](=O)[O-])cc1)Nc1ccc([N+](=O)[O-])cc1. The number of nitro benzene ring substituents is 2. The molecule has 0 radical (unpaired) electrons. The van der Waals surface area contributed by atoms with Gasteiger partial charge in [0, 0.05) is 30.0 Å². The van der Waals surface area contributed by atoms with E-state index in [9.17, 15) is 25.0 Å². The van der Waals surface area contributed by atoms with E-state index in [1.165, 1.54) is 48.5 Å². The first-order chi connectivity index (χ1) is 11.0. The molecule has 2 aromatic rings. The summed E-state index contributed by atoms with van der Waals surface area (Å²) in [5.74, 6) is -0.147. The summed E-state index contributed by atoms with van der Waals surface area (Å²) in [5, 5.41) is 23.5. The lowest BCUT2D eigenvalue weighted by Gasteiger charge is -2.07. The molecule has 118 valence electrons. The molecule has 0 fully saturated rings. The van der Waals surface area contributed by atoms with Crippen molar-refractivity contribution < 1.29 is 19.4 Å². The molecule has 2 rings (SSSR count). The van der Waals surface area contributed by atoms with Gasteiger partial charge in [0.25, 0.3) is 17.3 Å². The van der Waals surface area contributed by atoms with Crippen LogP contribution >= 0.6 is 0 Å². The maximum absolute atomic E-state index is 11.7. The Labute approximate surface area is 129 Å². The van der Waals surface area contributed by atoms with Crippen LogP contribution in [0.1, 0.15) is 0 Å². The summed E-state index contributed by atoms with van der Waals surface area (Å²) >= 11 is 0. The van der Waals surface area contributed by atoms with Gasteiger partial charge in [-0.25, -0.2) is 0 Å². The fourth-order valence-corrected chi connectivity index (χ4v) is 1.68. The van der Waals surface area contributed by atoms with E-state index in [-0.39, 0.29) is 18.0 Å². The van der Waals surface area contributed by atoms with Crippen LogP contribution in [-0.4, -0.2) is 22.4 Å². The predicted molar refractivity (Wildman–Crippen MR) is 80.3 cm³/mol. The second kappa shape index (κ2) is 6.98. The molecule has 0 aliphatic rings. The minimum absolute atomic E-state index is 0.0762. The van der Waals surface area contributed by atoms with Crippen molar-refractivity contribution in [1.29, 1.82) is 0 Å². The number of ether oxygens (including phenoxy) is 1. The molecule has 0 bridgehead atoms. The number of nitrogens with one attached hydrogen (secondary N) is 1. The van der Waals surface area contributed by atoms with Crippen molar-refractivity contribution in [2.24, 2.45) is 0 Å². The van der Waals surface area contributed by atoms with Gasteiger partial charge in [-0.05, 0) is 24.3 Å². The van der Waals surface area contributed by atoms with Crippen LogP contribution in [0.3, 0.4) is 0 Å². The Morgan fingerprint density at radius 3 is 1.87 bits per heavy atom. The minimum Gasteiger partial charge on any atom is -0.484 e. The maximum Gasteiger partial charge on any atom is 0.269 e. The van der Waals surface area contributed by atoms with Crippen molar-refractivity contribution in [1.82, 2.24) is 0 Å². The topological polar surface area (TPSA) is 125 Å². The van der Waals surface area contributed by atoms with Gasteiger partial charge in [-0.3, -0.25) is 25.0 Å². The number of carbonyl (C=O) groups excluding carboxylic acids is 1. The van der Waals surface area contributed by atoms with E-state index >= 15 is 0 Å². The second-order valence-electron chi connectivity index (χ2n) is 4.39. The third kappa shape index (κ3) is 4.49. The van der Waals surface area contributed by atoms with Crippen molar-refractivity contribution in [3.05, 3.63) is 68.8 Å². The zero-order valence-corrected chi connectivity index (χ0v) is 11.7. The van der Waals surface area contributed by atoms with E-state index in [0.29, 0.717) is 11.4 Å². The monoisotopic (exact) mass is 317 g/mol. The van der Waals surface area contributed by atoms with Crippen LogP contribution in [0.2, 0.25) is 0 Å².